The fourth-order valence-electron chi connectivity index (χ4n) is 5.28. The van der Waals surface area contributed by atoms with Gasteiger partial charge in [0.15, 0.2) is 17.3 Å². The number of hydrogen-bond acceptors (Lipinski definition) is 7. The molecule has 1 aliphatic carbocycles. The van der Waals surface area contributed by atoms with Crippen LogP contribution in [0.1, 0.15) is 48.7 Å². The number of imidazole rings is 1. The third kappa shape index (κ3) is 4.48. The molecular weight excluding hydrogens is 508 g/mol. The van der Waals surface area contributed by atoms with Gasteiger partial charge in [0.1, 0.15) is 17.0 Å². The largest absolute Gasteiger partial charge is 0.489 e. The van der Waals surface area contributed by atoms with Crippen LogP contribution in [0.25, 0.3) is 55.2 Å². The lowest BCUT2D eigenvalue weighted by atomic mass is 9.98. The highest BCUT2D eigenvalue weighted by Gasteiger charge is 2.18. The fraction of sp³-hybridized carbons (Fsp3) is 0.233. The number of fused-ring (bicyclic) bond motifs is 2. The van der Waals surface area contributed by atoms with Crippen LogP contribution in [-0.4, -0.2) is 42.0 Å². The van der Waals surface area contributed by atoms with Crippen LogP contribution in [0.2, 0.25) is 0 Å². The van der Waals surface area contributed by atoms with Crippen molar-refractivity contribution in [1.29, 1.82) is 0 Å². The number of hydrogen-bond donors (Lipinski definition) is 2. The maximum Gasteiger partial charge on any atom is 0.169 e. The molecule has 9 heteroatoms. The second-order valence-corrected chi connectivity index (χ2v) is 11.1. The summed E-state index contributed by atoms with van der Waals surface area (Å²) in [4.78, 5) is 30.7. The molecule has 0 amide bonds. The number of H-pyrrole nitrogens is 2. The standard InChI is InChI=1S/C30H26N6O2S/c1-17(37)25-9-10-26(39-25)22-11-12-32-29-27(22)33-30(34-29)28-23-14-18(7-8-24(23)35-36-28)19-13-21(16-31-15-19)38-20-5-3-2-4-6-20/h7-16,20H,2-6H2,1H3,(H,35,36)(H,32,33,34). The summed E-state index contributed by atoms with van der Waals surface area (Å²) in [6.07, 6.45) is 11.6. The second-order valence-electron chi connectivity index (χ2n) is 9.98. The SMILES string of the molecule is CC(=O)c1ccc(-c2ccnc3[nH]c(-c4n[nH]c5ccc(-c6cncc(OC7CCCCC7)c6)cc45)nc23)s1. The smallest absolute Gasteiger partial charge is 0.169 e. The van der Waals surface area contributed by atoms with E-state index >= 15 is 0 Å². The maximum atomic E-state index is 11.8. The van der Waals surface area contributed by atoms with Crippen LogP contribution >= 0.6 is 11.3 Å². The molecule has 194 valence electrons. The number of nitrogens with one attached hydrogen (secondary N) is 2. The van der Waals surface area contributed by atoms with E-state index in [0.29, 0.717) is 17.2 Å². The second kappa shape index (κ2) is 9.74. The van der Waals surface area contributed by atoms with E-state index in [9.17, 15) is 4.79 Å². The van der Waals surface area contributed by atoms with Gasteiger partial charge in [0.05, 0.1) is 22.7 Å². The Morgan fingerprint density at radius 2 is 1.92 bits per heavy atom. The Labute approximate surface area is 228 Å². The van der Waals surface area contributed by atoms with Crippen molar-refractivity contribution in [3.05, 3.63) is 65.9 Å². The number of carbonyl (C=O) groups excluding carboxylic acids is 1. The number of rotatable bonds is 6. The average Bonchev–Trinajstić information content (AvgIpc) is 3.71. The molecule has 6 aromatic rings. The third-order valence-corrected chi connectivity index (χ3v) is 8.51. The Bertz CT molecular complexity index is 1830. The van der Waals surface area contributed by atoms with Crippen molar-refractivity contribution in [1.82, 2.24) is 30.1 Å². The molecule has 0 radical (unpaired) electrons. The highest BCUT2D eigenvalue weighted by Crippen LogP contribution is 2.35. The molecule has 0 bridgehead atoms. The number of thiophene rings is 1. The summed E-state index contributed by atoms with van der Waals surface area (Å²) in [5.74, 6) is 1.49. The average molecular weight is 535 g/mol. The number of nitrogens with zero attached hydrogens (tertiary/aromatic N) is 4. The summed E-state index contributed by atoms with van der Waals surface area (Å²) >= 11 is 1.46. The predicted molar refractivity (Wildman–Crippen MR) is 153 cm³/mol. The molecule has 39 heavy (non-hydrogen) atoms. The molecule has 0 aliphatic heterocycles. The Balaban J connectivity index is 1.25. The molecule has 8 nitrogen and oxygen atoms in total. The minimum absolute atomic E-state index is 0.0550. The first-order chi connectivity index (χ1) is 19.1. The first-order valence-corrected chi connectivity index (χ1v) is 14.0. The number of ketones is 1. The highest BCUT2D eigenvalue weighted by atomic mass is 32.1. The van der Waals surface area contributed by atoms with Crippen molar-refractivity contribution in [2.24, 2.45) is 0 Å². The van der Waals surface area contributed by atoms with Crippen molar-refractivity contribution >= 4 is 39.2 Å². The van der Waals surface area contributed by atoms with E-state index in [1.54, 1.807) is 19.3 Å². The fourth-order valence-corrected chi connectivity index (χ4v) is 6.21. The molecule has 1 aliphatic rings. The first-order valence-electron chi connectivity index (χ1n) is 13.2. The van der Waals surface area contributed by atoms with Gasteiger partial charge in [-0.15, -0.1) is 11.3 Å². The van der Waals surface area contributed by atoms with Crippen molar-refractivity contribution in [2.45, 2.75) is 45.1 Å². The van der Waals surface area contributed by atoms with Crippen LogP contribution < -0.4 is 4.74 Å². The number of aromatic nitrogens is 6. The van der Waals surface area contributed by atoms with Gasteiger partial charge in [0.25, 0.3) is 0 Å². The van der Waals surface area contributed by atoms with Gasteiger partial charge in [-0.25, -0.2) is 9.97 Å². The minimum Gasteiger partial charge on any atom is -0.489 e. The van der Waals surface area contributed by atoms with E-state index in [1.807, 2.05) is 30.5 Å². The van der Waals surface area contributed by atoms with Gasteiger partial charge in [-0.05, 0) is 74.6 Å². The summed E-state index contributed by atoms with van der Waals surface area (Å²) in [5.41, 5.74) is 5.99. The summed E-state index contributed by atoms with van der Waals surface area (Å²) in [5, 5.41) is 8.67. The topological polar surface area (TPSA) is 109 Å². The Morgan fingerprint density at radius 1 is 1.03 bits per heavy atom. The number of ether oxygens (including phenoxy) is 1. The predicted octanol–water partition coefficient (Wildman–Crippen LogP) is 7.21. The lowest BCUT2D eigenvalue weighted by Gasteiger charge is -2.23. The third-order valence-electron chi connectivity index (χ3n) is 7.29. The number of aromatic amines is 2. The van der Waals surface area contributed by atoms with Gasteiger partial charge in [-0.3, -0.25) is 14.9 Å². The molecule has 5 aromatic heterocycles. The zero-order chi connectivity index (χ0) is 26.3. The molecule has 2 N–H and O–H groups in total. The number of carbonyl (C=O) groups is 1. The molecule has 0 atom stereocenters. The van der Waals surface area contributed by atoms with Gasteiger partial charge in [-0.1, -0.05) is 12.5 Å². The van der Waals surface area contributed by atoms with Crippen molar-refractivity contribution in [3.8, 4) is 38.8 Å². The lowest BCUT2D eigenvalue weighted by Crippen LogP contribution is -2.19. The van der Waals surface area contributed by atoms with E-state index < -0.39 is 0 Å². The van der Waals surface area contributed by atoms with Crippen LogP contribution in [0, 0.1) is 0 Å². The summed E-state index contributed by atoms with van der Waals surface area (Å²) in [6, 6.07) is 14.0. The molecular formula is C30H26N6O2S. The molecule has 5 heterocycles. The van der Waals surface area contributed by atoms with E-state index in [0.717, 1.165) is 61.5 Å². The number of Topliss-reactive ketones (excluding diaryl/α,β-unsaturated/α-hetero) is 1. The van der Waals surface area contributed by atoms with Crippen LogP contribution in [0.4, 0.5) is 0 Å². The van der Waals surface area contributed by atoms with Crippen molar-refractivity contribution < 1.29 is 9.53 Å². The minimum atomic E-state index is 0.0550. The quantitative estimate of drug-likeness (QED) is 0.219. The van der Waals surface area contributed by atoms with Crippen LogP contribution in [0.3, 0.4) is 0 Å². The summed E-state index contributed by atoms with van der Waals surface area (Å²) < 4.78 is 6.26. The van der Waals surface area contributed by atoms with E-state index in [4.69, 9.17) is 9.72 Å². The van der Waals surface area contributed by atoms with Crippen molar-refractivity contribution in [2.75, 3.05) is 0 Å². The van der Waals surface area contributed by atoms with Gasteiger partial charge in [-0.2, -0.15) is 5.10 Å². The van der Waals surface area contributed by atoms with Gasteiger partial charge < -0.3 is 9.72 Å². The zero-order valence-electron chi connectivity index (χ0n) is 21.4. The molecule has 0 saturated heterocycles. The Hall–Kier alpha value is -4.37. The molecule has 1 saturated carbocycles. The van der Waals surface area contributed by atoms with Crippen LogP contribution in [-0.2, 0) is 0 Å². The van der Waals surface area contributed by atoms with E-state index in [-0.39, 0.29) is 11.9 Å². The normalized spacial score (nSPS) is 14.3. The lowest BCUT2D eigenvalue weighted by molar-refractivity contribution is 0.102. The van der Waals surface area contributed by atoms with Crippen molar-refractivity contribution in [3.63, 3.8) is 0 Å². The van der Waals surface area contributed by atoms with E-state index in [1.165, 1.54) is 30.6 Å². The first kappa shape index (κ1) is 23.7. The van der Waals surface area contributed by atoms with Crippen LogP contribution in [0.5, 0.6) is 5.75 Å². The van der Waals surface area contributed by atoms with Crippen LogP contribution in [0.15, 0.2) is 61.1 Å². The molecule has 7 rings (SSSR count). The maximum absolute atomic E-state index is 11.8. The zero-order valence-corrected chi connectivity index (χ0v) is 22.2. The number of pyridine rings is 2. The molecule has 0 unspecified atom stereocenters. The van der Waals surface area contributed by atoms with Gasteiger partial charge in [0, 0.05) is 33.8 Å². The molecule has 1 aromatic carbocycles. The molecule has 0 spiro atoms. The monoisotopic (exact) mass is 534 g/mol. The van der Waals surface area contributed by atoms with Gasteiger partial charge >= 0.3 is 0 Å². The Kier molecular flexibility index (Phi) is 5.93. The molecule has 1 fully saturated rings. The summed E-state index contributed by atoms with van der Waals surface area (Å²) in [6.45, 7) is 1.58. The van der Waals surface area contributed by atoms with E-state index in [2.05, 4.69) is 43.3 Å². The number of benzene rings is 1. The highest BCUT2D eigenvalue weighted by molar-refractivity contribution is 7.17. The van der Waals surface area contributed by atoms with Gasteiger partial charge in [0.2, 0.25) is 0 Å². The Morgan fingerprint density at radius 3 is 2.77 bits per heavy atom. The summed E-state index contributed by atoms with van der Waals surface area (Å²) in [7, 11) is 0.